The number of aromatic carboxylic acids is 1. The summed E-state index contributed by atoms with van der Waals surface area (Å²) in [5.41, 5.74) is 1.66. The number of hydrogen-bond acceptors (Lipinski definition) is 2. The Bertz CT molecular complexity index is 589. The zero-order chi connectivity index (χ0) is 15.1. The second-order valence-electron chi connectivity index (χ2n) is 5.56. The Morgan fingerprint density at radius 3 is 2.57 bits per heavy atom. The number of aryl methyl sites for hydroxylation is 1. The Balaban J connectivity index is 1.86. The van der Waals surface area contributed by atoms with Crippen molar-refractivity contribution in [2.24, 2.45) is 0 Å². The van der Waals surface area contributed by atoms with E-state index >= 15 is 0 Å². The SMILES string of the molecule is CCCCCCCCCc1nc2c(C(=O)O)cccc2[nH]1. The first-order valence-electron chi connectivity index (χ1n) is 7.93. The maximum atomic E-state index is 11.2. The van der Waals surface area contributed by atoms with Crippen molar-refractivity contribution in [2.45, 2.75) is 58.3 Å². The molecule has 0 saturated carbocycles. The van der Waals surface area contributed by atoms with Gasteiger partial charge in [0.05, 0.1) is 11.1 Å². The highest BCUT2D eigenvalue weighted by Crippen LogP contribution is 2.18. The number of carbonyl (C=O) groups is 1. The van der Waals surface area contributed by atoms with Crippen LogP contribution in [0.1, 0.15) is 68.1 Å². The molecule has 2 N–H and O–H groups in total. The van der Waals surface area contributed by atoms with Crippen molar-refractivity contribution in [3.8, 4) is 0 Å². The van der Waals surface area contributed by atoms with Crippen LogP contribution in [0.25, 0.3) is 11.0 Å². The highest BCUT2D eigenvalue weighted by molar-refractivity contribution is 6.00. The summed E-state index contributed by atoms with van der Waals surface area (Å²) in [5.74, 6) is -0.0261. The molecule has 114 valence electrons. The van der Waals surface area contributed by atoms with Gasteiger partial charge in [0.25, 0.3) is 0 Å². The summed E-state index contributed by atoms with van der Waals surface area (Å²) in [4.78, 5) is 18.8. The summed E-state index contributed by atoms with van der Waals surface area (Å²) >= 11 is 0. The van der Waals surface area contributed by atoms with E-state index in [0.29, 0.717) is 5.52 Å². The van der Waals surface area contributed by atoms with Crippen LogP contribution in [0.4, 0.5) is 0 Å². The second kappa shape index (κ2) is 7.81. The van der Waals surface area contributed by atoms with Crippen molar-refractivity contribution in [1.29, 1.82) is 0 Å². The van der Waals surface area contributed by atoms with Gasteiger partial charge in [0.15, 0.2) is 0 Å². The molecule has 2 aromatic rings. The first-order valence-corrected chi connectivity index (χ1v) is 7.93. The Labute approximate surface area is 125 Å². The number of fused-ring (bicyclic) bond motifs is 1. The predicted molar refractivity (Wildman–Crippen MR) is 84.8 cm³/mol. The number of aromatic nitrogens is 2. The maximum absolute atomic E-state index is 11.2. The van der Waals surface area contributed by atoms with Crippen LogP contribution < -0.4 is 0 Å². The number of unbranched alkanes of at least 4 members (excludes halogenated alkanes) is 6. The molecule has 0 unspecified atom stereocenters. The van der Waals surface area contributed by atoms with Crippen LogP contribution in [0.3, 0.4) is 0 Å². The number of imidazole rings is 1. The number of aromatic amines is 1. The van der Waals surface area contributed by atoms with E-state index in [1.807, 2.05) is 6.07 Å². The maximum Gasteiger partial charge on any atom is 0.337 e. The molecule has 21 heavy (non-hydrogen) atoms. The van der Waals surface area contributed by atoms with Gasteiger partial charge in [-0.15, -0.1) is 0 Å². The van der Waals surface area contributed by atoms with E-state index < -0.39 is 5.97 Å². The summed E-state index contributed by atoms with van der Waals surface area (Å²) in [6.07, 6.45) is 9.76. The van der Waals surface area contributed by atoms with Gasteiger partial charge in [0.2, 0.25) is 0 Å². The van der Waals surface area contributed by atoms with Crippen LogP contribution in [-0.4, -0.2) is 21.0 Å². The van der Waals surface area contributed by atoms with Crippen LogP contribution in [0.15, 0.2) is 18.2 Å². The number of H-pyrrole nitrogens is 1. The summed E-state index contributed by atoms with van der Waals surface area (Å²) in [5, 5.41) is 9.16. The highest BCUT2D eigenvalue weighted by atomic mass is 16.4. The van der Waals surface area contributed by atoms with Gasteiger partial charge < -0.3 is 10.1 Å². The van der Waals surface area contributed by atoms with Gasteiger partial charge in [-0.1, -0.05) is 51.5 Å². The van der Waals surface area contributed by atoms with Crippen molar-refractivity contribution in [2.75, 3.05) is 0 Å². The topological polar surface area (TPSA) is 66.0 Å². The summed E-state index contributed by atoms with van der Waals surface area (Å²) in [6, 6.07) is 5.23. The highest BCUT2D eigenvalue weighted by Gasteiger charge is 2.11. The number of para-hydroxylation sites is 1. The van der Waals surface area contributed by atoms with E-state index in [-0.39, 0.29) is 5.56 Å². The van der Waals surface area contributed by atoms with E-state index in [4.69, 9.17) is 5.11 Å². The predicted octanol–water partition coefficient (Wildman–Crippen LogP) is 4.55. The third-order valence-electron chi connectivity index (χ3n) is 3.81. The number of nitrogens with zero attached hydrogens (tertiary/aromatic N) is 1. The smallest absolute Gasteiger partial charge is 0.337 e. The van der Waals surface area contributed by atoms with Crippen LogP contribution in [0, 0.1) is 0 Å². The standard InChI is InChI=1S/C17H24N2O2/c1-2-3-4-5-6-7-8-12-15-18-14-11-9-10-13(17(20)21)16(14)19-15/h9-11H,2-8,12H2,1H3,(H,18,19)(H,20,21). The molecule has 1 heterocycles. The zero-order valence-electron chi connectivity index (χ0n) is 12.7. The molecule has 0 aliphatic rings. The monoisotopic (exact) mass is 288 g/mol. The average Bonchev–Trinajstić information content (AvgIpc) is 2.88. The molecule has 2 rings (SSSR count). The number of benzene rings is 1. The number of nitrogens with one attached hydrogen (secondary N) is 1. The number of carboxylic acids is 1. The molecule has 1 aromatic carbocycles. The van der Waals surface area contributed by atoms with Gasteiger partial charge in [0, 0.05) is 6.42 Å². The molecule has 0 spiro atoms. The molecule has 0 bridgehead atoms. The van der Waals surface area contributed by atoms with Gasteiger partial charge in [-0.3, -0.25) is 0 Å². The lowest BCUT2D eigenvalue weighted by Crippen LogP contribution is -1.96. The van der Waals surface area contributed by atoms with Crippen LogP contribution in [0.5, 0.6) is 0 Å². The molecule has 0 amide bonds. The molecule has 0 aliphatic heterocycles. The molecule has 0 aliphatic carbocycles. The van der Waals surface area contributed by atoms with Crippen molar-refractivity contribution in [3.63, 3.8) is 0 Å². The average molecular weight is 288 g/mol. The molecule has 0 radical (unpaired) electrons. The zero-order valence-corrected chi connectivity index (χ0v) is 12.7. The number of carboxylic acid groups (broad SMARTS) is 1. The van der Waals surface area contributed by atoms with Crippen molar-refractivity contribution >= 4 is 17.0 Å². The largest absolute Gasteiger partial charge is 0.478 e. The Kier molecular flexibility index (Phi) is 5.78. The molecule has 1 aromatic heterocycles. The fraction of sp³-hybridized carbons (Fsp3) is 0.529. The van der Waals surface area contributed by atoms with Crippen molar-refractivity contribution < 1.29 is 9.90 Å². The van der Waals surface area contributed by atoms with Gasteiger partial charge in [-0.25, -0.2) is 9.78 Å². The van der Waals surface area contributed by atoms with Crippen molar-refractivity contribution in [3.05, 3.63) is 29.6 Å². The summed E-state index contributed by atoms with van der Waals surface area (Å²) in [7, 11) is 0. The van der Waals surface area contributed by atoms with E-state index in [9.17, 15) is 4.79 Å². The first-order chi connectivity index (χ1) is 10.2. The Morgan fingerprint density at radius 2 is 1.86 bits per heavy atom. The molecular weight excluding hydrogens is 264 g/mol. The molecule has 0 atom stereocenters. The fourth-order valence-corrected chi connectivity index (χ4v) is 2.62. The van der Waals surface area contributed by atoms with Gasteiger partial charge in [-0.05, 0) is 18.6 Å². The normalized spacial score (nSPS) is 11.1. The minimum absolute atomic E-state index is 0.273. The minimum atomic E-state index is -0.922. The second-order valence-corrected chi connectivity index (χ2v) is 5.56. The lowest BCUT2D eigenvalue weighted by atomic mass is 10.1. The third-order valence-corrected chi connectivity index (χ3v) is 3.81. The molecule has 0 fully saturated rings. The van der Waals surface area contributed by atoms with E-state index in [0.717, 1.165) is 24.2 Å². The van der Waals surface area contributed by atoms with Crippen molar-refractivity contribution in [1.82, 2.24) is 9.97 Å². The number of hydrogen-bond donors (Lipinski definition) is 2. The van der Waals surface area contributed by atoms with E-state index in [2.05, 4.69) is 16.9 Å². The number of rotatable bonds is 9. The summed E-state index contributed by atoms with van der Waals surface area (Å²) in [6.45, 7) is 2.23. The first kappa shape index (κ1) is 15.5. The lowest BCUT2D eigenvalue weighted by Gasteiger charge is -1.99. The molecular formula is C17H24N2O2. The van der Waals surface area contributed by atoms with E-state index in [1.165, 1.54) is 38.5 Å². The van der Waals surface area contributed by atoms with E-state index in [1.54, 1.807) is 12.1 Å². The van der Waals surface area contributed by atoms with Crippen LogP contribution >= 0.6 is 0 Å². The quantitative estimate of drug-likeness (QED) is 0.665. The summed E-state index contributed by atoms with van der Waals surface area (Å²) < 4.78 is 0. The minimum Gasteiger partial charge on any atom is -0.478 e. The van der Waals surface area contributed by atoms with Crippen LogP contribution in [0.2, 0.25) is 0 Å². The third kappa shape index (κ3) is 4.31. The van der Waals surface area contributed by atoms with Gasteiger partial charge in [-0.2, -0.15) is 0 Å². The molecule has 4 heteroatoms. The lowest BCUT2D eigenvalue weighted by molar-refractivity contribution is 0.0699. The Morgan fingerprint density at radius 1 is 1.14 bits per heavy atom. The molecule has 4 nitrogen and oxygen atoms in total. The van der Waals surface area contributed by atoms with Gasteiger partial charge in [0.1, 0.15) is 11.3 Å². The van der Waals surface area contributed by atoms with Gasteiger partial charge >= 0.3 is 5.97 Å². The fourth-order valence-electron chi connectivity index (χ4n) is 2.62. The molecule has 0 saturated heterocycles. The van der Waals surface area contributed by atoms with Crippen LogP contribution in [-0.2, 0) is 6.42 Å². The Hall–Kier alpha value is -1.84.